The quantitative estimate of drug-likeness (QED) is 0.944. The molecule has 1 heterocycles. The lowest BCUT2D eigenvalue weighted by molar-refractivity contribution is 0.0550. The Kier molecular flexibility index (Phi) is 4.86. The van der Waals surface area contributed by atoms with Gasteiger partial charge in [0.15, 0.2) is 0 Å². The number of anilines is 1. The zero-order valence-corrected chi connectivity index (χ0v) is 14.3. The van der Waals surface area contributed by atoms with E-state index >= 15 is 0 Å². The standard InChI is InChI=1S/C20H24N2O2/c1-3-14-8-9-15-13-19(24-11-10-22(2)18(15)12-14)16-6-4-5-7-17(16)20(21)23/h4-9,12,19H,3,10-11,13H2,1-2H3,(H2,21,23). The van der Waals surface area contributed by atoms with Crippen molar-refractivity contribution in [3.05, 3.63) is 64.7 Å². The van der Waals surface area contributed by atoms with E-state index in [1.54, 1.807) is 6.07 Å². The molecule has 4 nitrogen and oxygen atoms in total. The summed E-state index contributed by atoms with van der Waals surface area (Å²) in [7, 11) is 2.10. The van der Waals surface area contributed by atoms with E-state index in [1.807, 2.05) is 18.2 Å². The normalized spacial score (nSPS) is 17.8. The van der Waals surface area contributed by atoms with Gasteiger partial charge in [-0.05, 0) is 35.2 Å². The molecule has 1 aliphatic rings. The first-order valence-corrected chi connectivity index (χ1v) is 8.43. The maximum Gasteiger partial charge on any atom is 0.249 e. The zero-order valence-electron chi connectivity index (χ0n) is 14.3. The highest BCUT2D eigenvalue weighted by molar-refractivity contribution is 5.94. The Hall–Kier alpha value is -2.33. The van der Waals surface area contributed by atoms with Gasteiger partial charge in [-0.1, -0.05) is 37.3 Å². The summed E-state index contributed by atoms with van der Waals surface area (Å²) in [4.78, 5) is 14.0. The predicted octanol–water partition coefficient (Wildman–Crippen LogP) is 3.10. The van der Waals surface area contributed by atoms with E-state index in [1.165, 1.54) is 16.8 Å². The second-order valence-electron chi connectivity index (χ2n) is 6.25. The third-order valence-corrected chi connectivity index (χ3v) is 4.69. The van der Waals surface area contributed by atoms with Crippen molar-refractivity contribution in [1.82, 2.24) is 0 Å². The third-order valence-electron chi connectivity index (χ3n) is 4.69. The molecule has 0 aliphatic carbocycles. The van der Waals surface area contributed by atoms with Gasteiger partial charge in [-0.2, -0.15) is 0 Å². The van der Waals surface area contributed by atoms with E-state index in [9.17, 15) is 4.79 Å². The summed E-state index contributed by atoms with van der Waals surface area (Å²) in [5, 5.41) is 0. The van der Waals surface area contributed by atoms with Gasteiger partial charge >= 0.3 is 0 Å². The molecule has 1 unspecified atom stereocenters. The van der Waals surface area contributed by atoms with Gasteiger partial charge in [0.2, 0.25) is 5.91 Å². The zero-order chi connectivity index (χ0) is 17.1. The van der Waals surface area contributed by atoms with Crippen LogP contribution in [0.1, 0.15) is 40.1 Å². The van der Waals surface area contributed by atoms with Crippen LogP contribution < -0.4 is 10.6 Å². The van der Waals surface area contributed by atoms with Crippen molar-refractivity contribution in [2.24, 2.45) is 5.73 Å². The number of hydrogen-bond acceptors (Lipinski definition) is 3. The van der Waals surface area contributed by atoms with E-state index in [0.29, 0.717) is 12.2 Å². The maximum atomic E-state index is 11.8. The SMILES string of the molecule is CCc1ccc2c(c1)N(C)CCOC(c1ccccc1C(N)=O)C2. The highest BCUT2D eigenvalue weighted by atomic mass is 16.5. The summed E-state index contributed by atoms with van der Waals surface area (Å²) in [6.07, 6.45) is 1.59. The largest absolute Gasteiger partial charge is 0.372 e. The fourth-order valence-corrected chi connectivity index (χ4v) is 3.27. The van der Waals surface area contributed by atoms with Crippen molar-refractivity contribution >= 4 is 11.6 Å². The van der Waals surface area contributed by atoms with Gasteiger partial charge in [0, 0.05) is 31.3 Å². The average Bonchev–Trinajstić information content (AvgIpc) is 2.59. The number of ether oxygens (including phenoxy) is 1. The number of benzene rings is 2. The lowest BCUT2D eigenvalue weighted by Crippen LogP contribution is -2.28. The fraction of sp³-hybridized carbons (Fsp3) is 0.350. The minimum atomic E-state index is -0.407. The number of nitrogens with zero attached hydrogens (tertiary/aromatic N) is 1. The summed E-state index contributed by atoms with van der Waals surface area (Å²) >= 11 is 0. The van der Waals surface area contributed by atoms with Gasteiger partial charge < -0.3 is 15.4 Å². The summed E-state index contributed by atoms with van der Waals surface area (Å²) in [5.74, 6) is -0.407. The number of amides is 1. The van der Waals surface area contributed by atoms with Crippen LogP contribution in [0.5, 0.6) is 0 Å². The van der Waals surface area contributed by atoms with Gasteiger partial charge in [0.25, 0.3) is 0 Å². The van der Waals surface area contributed by atoms with Crippen LogP contribution in [0.3, 0.4) is 0 Å². The summed E-state index contributed by atoms with van der Waals surface area (Å²) < 4.78 is 6.09. The number of nitrogens with two attached hydrogens (primary N) is 1. The molecule has 1 atom stereocenters. The molecular formula is C20H24N2O2. The molecular weight excluding hydrogens is 300 g/mol. The van der Waals surface area contributed by atoms with Crippen molar-refractivity contribution in [3.63, 3.8) is 0 Å². The maximum absolute atomic E-state index is 11.8. The molecule has 0 saturated carbocycles. The summed E-state index contributed by atoms with van der Waals surface area (Å²) in [5.41, 5.74) is 10.8. The molecule has 0 aromatic heterocycles. The van der Waals surface area contributed by atoms with Gasteiger partial charge in [0.05, 0.1) is 12.7 Å². The Morgan fingerprint density at radius 2 is 2.08 bits per heavy atom. The van der Waals surface area contributed by atoms with Crippen LogP contribution in [-0.4, -0.2) is 26.1 Å². The molecule has 2 aromatic rings. The molecule has 0 spiro atoms. The molecule has 24 heavy (non-hydrogen) atoms. The van der Waals surface area contributed by atoms with Gasteiger partial charge in [-0.25, -0.2) is 0 Å². The lowest BCUT2D eigenvalue weighted by Gasteiger charge is -2.30. The number of primary amides is 1. The molecule has 1 amide bonds. The van der Waals surface area contributed by atoms with Crippen molar-refractivity contribution in [2.45, 2.75) is 25.9 Å². The number of rotatable bonds is 3. The number of carbonyl (C=O) groups is 1. The van der Waals surface area contributed by atoms with Crippen molar-refractivity contribution in [1.29, 1.82) is 0 Å². The van der Waals surface area contributed by atoms with Crippen molar-refractivity contribution < 1.29 is 9.53 Å². The smallest absolute Gasteiger partial charge is 0.249 e. The van der Waals surface area contributed by atoms with Gasteiger partial charge in [0.1, 0.15) is 0 Å². The molecule has 1 aliphatic heterocycles. The van der Waals surface area contributed by atoms with Crippen molar-refractivity contribution in [3.8, 4) is 0 Å². The van der Waals surface area contributed by atoms with E-state index in [4.69, 9.17) is 10.5 Å². The second kappa shape index (κ2) is 7.05. The first-order valence-electron chi connectivity index (χ1n) is 8.43. The van der Waals surface area contributed by atoms with Crippen LogP contribution in [-0.2, 0) is 17.6 Å². The van der Waals surface area contributed by atoms with Gasteiger partial charge in [-0.15, -0.1) is 0 Å². The topological polar surface area (TPSA) is 55.6 Å². The van der Waals surface area contributed by atoms with Crippen LogP contribution >= 0.6 is 0 Å². The molecule has 2 N–H and O–H groups in total. The molecule has 4 heteroatoms. The van der Waals surface area contributed by atoms with Crippen LogP contribution in [0.2, 0.25) is 0 Å². The van der Waals surface area contributed by atoms with E-state index in [2.05, 4.69) is 37.1 Å². The Bertz CT molecular complexity index is 742. The number of aryl methyl sites for hydroxylation is 1. The Balaban J connectivity index is 2.00. The number of carbonyl (C=O) groups excluding carboxylic acids is 1. The molecule has 0 bridgehead atoms. The Labute approximate surface area is 143 Å². The van der Waals surface area contributed by atoms with E-state index in [-0.39, 0.29) is 6.10 Å². The number of fused-ring (bicyclic) bond motifs is 1. The Morgan fingerprint density at radius 3 is 2.83 bits per heavy atom. The number of hydrogen-bond donors (Lipinski definition) is 1. The van der Waals surface area contributed by atoms with Crippen LogP contribution in [0.4, 0.5) is 5.69 Å². The fourth-order valence-electron chi connectivity index (χ4n) is 3.27. The molecule has 2 aromatic carbocycles. The minimum Gasteiger partial charge on any atom is -0.372 e. The van der Waals surface area contributed by atoms with Gasteiger partial charge in [-0.3, -0.25) is 4.79 Å². The molecule has 0 fully saturated rings. The monoisotopic (exact) mass is 324 g/mol. The highest BCUT2D eigenvalue weighted by Gasteiger charge is 2.23. The average molecular weight is 324 g/mol. The van der Waals surface area contributed by atoms with Crippen LogP contribution in [0.15, 0.2) is 42.5 Å². The second-order valence-corrected chi connectivity index (χ2v) is 6.25. The molecule has 3 rings (SSSR count). The summed E-state index contributed by atoms with van der Waals surface area (Å²) in [6.45, 7) is 3.60. The lowest BCUT2D eigenvalue weighted by atomic mass is 9.94. The molecule has 126 valence electrons. The van der Waals surface area contributed by atoms with E-state index < -0.39 is 5.91 Å². The first-order chi connectivity index (χ1) is 11.6. The van der Waals surface area contributed by atoms with E-state index in [0.717, 1.165) is 24.9 Å². The first kappa shape index (κ1) is 16.5. The minimum absolute atomic E-state index is 0.159. The highest BCUT2D eigenvalue weighted by Crippen LogP contribution is 2.32. The predicted molar refractivity (Wildman–Crippen MR) is 96.4 cm³/mol. The van der Waals surface area contributed by atoms with Crippen LogP contribution in [0, 0.1) is 0 Å². The molecule has 0 saturated heterocycles. The molecule has 0 radical (unpaired) electrons. The van der Waals surface area contributed by atoms with Crippen LogP contribution in [0.25, 0.3) is 0 Å². The number of likely N-dealkylation sites (N-methyl/N-ethyl adjacent to an activating group) is 1. The Morgan fingerprint density at radius 1 is 1.29 bits per heavy atom. The summed E-state index contributed by atoms with van der Waals surface area (Å²) in [6, 6.07) is 14.1. The van der Waals surface area contributed by atoms with Crippen molar-refractivity contribution in [2.75, 3.05) is 25.1 Å². The third kappa shape index (κ3) is 3.29.